The summed E-state index contributed by atoms with van der Waals surface area (Å²) < 4.78 is 7.67. The van der Waals surface area contributed by atoms with Crippen molar-refractivity contribution in [3.8, 4) is 5.75 Å². The van der Waals surface area contributed by atoms with Crippen molar-refractivity contribution in [2.45, 2.75) is 33.2 Å². The molecule has 2 aromatic carbocycles. The lowest BCUT2D eigenvalue weighted by Gasteiger charge is -2.20. The Morgan fingerprint density at radius 2 is 1.91 bits per heavy atom. The number of nitrogens with zero attached hydrogens (tertiary/aromatic N) is 2. The molecule has 0 unspecified atom stereocenters. The number of nitrogens with two attached hydrogens (primary N) is 1. The van der Waals surface area contributed by atoms with Crippen molar-refractivity contribution in [2.75, 3.05) is 18.5 Å². The molecule has 2 aliphatic heterocycles. The van der Waals surface area contributed by atoms with Crippen LogP contribution in [0.5, 0.6) is 5.75 Å². The van der Waals surface area contributed by atoms with E-state index < -0.39 is 5.91 Å². The van der Waals surface area contributed by atoms with Crippen LogP contribution in [0, 0.1) is 5.92 Å². The third-order valence-corrected chi connectivity index (χ3v) is 6.47. The van der Waals surface area contributed by atoms with Gasteiger partial charge in [0.15, 0.2) is 6.61 Å². The second-order valence-corrected chi connectivity index (χ2v) is 9.51. The van der Waals surface area contributed by atoms with Gasteiger partial charge in [-0.2, -0.15) is 0 Å². The average molecular weight is 473 g/mol. The second-order valence-electron chi connectivity index (χ2n) is 9.51. The molecule has 8 heteroatoms. The maximum Gasteiger partial charge on any atom is 0.259 e. The Labute approximate surface area is 203 Å². The number of hydrogen-bond acceptors (Lipinski definition) is 5. The number of hydrogen-bond donors (Lipinski definition) is 2. The standard InChI is InChI=1S/C27H28N4O4/c1-15(2)11-30-12-19-24(17-7-9-18(10-8-17)35-14-23(28)33)26-21(13-31(16(3)32)27(26)34)29-20-5-4-6-22(30)25(19)20/h4-10,12,15,24,29H,11,13-14H2,1-3H3,(H2,28,33)/t24-/m1/s1. The fraction of sp³-hybridized carbons (Fsp3) is 0.296. The van der Waals surface area contributed by atoms with E-state index in [1.807, 2.05) is 24.3 Å². The first-order valence-electron chi connectivity index (χ1n) is 11.7. The van der Waals surface area contributed by atoms with Crippen molar-refractivity contribution in [1.82, 2.24) is 9.47 Å². The minimum atomic E-state index is -0.551. The van der Waals surface area contributed by atoms with Crippen molar-refractivity contribution in [2.24, 2.45) is 11.7 Å². The SMILES string of the molecule is CC(=O)N1CC2=C(C1=O)[C@H](c1ccc(OCC(N)=O)cc1)c1cn(CC(C)C)c3cccc(c13)N2. The molecule has 3 heterocycles. The van der Waals surface area contributed by atoms with Crippen molar-refractivity contribution >= 4 is 34.3 Å². The monoisotopic (exact) mass is 472 g/mol. The van der Waals surface area contributed by atoms with Gasteiger partial charge >= 0.3 is 0 Å². The van der Waals surface area contributed by atoms with E-state index in [2.05, 4.69) is 36.0 Å². The zero-order chi connectivity index (χ0) is 24.9. The summed E-state index contributed by atoms with van der Waals surface area (Å²) in [6, 6.07) is 13.5. The zero-order valence-corrected chi connectivity index (χ0v) is 20.0. The van der Waals surface area contributed by atoms with Crippen molar-refractivity contribution < 1.29 is 19.1 Å². The molecule has 0 saturated heterocycles. The first-order valence-corrected chi connectivity index (χ1v) is 11.7. The van der Waals surface area contributed by atoms with Crippen LogP contribution in [0.15, 0.2) is 59.9 Å². The van der Waals surface area contributed by atoms with Crippen LogP contribution in [0.1, 0.15) is 37.8 Å². The molecule has 3 amide bonds. The average Bonchev–Trinajstić information content (AvgIpc) is 3.27. The van der Waals surface area contributed by atoms with E-state index >= 15 is 0 Å². The third-order valence-electron chi connectivity index (χ3n) is 6.47. The van der Waals surface area contributed by atoms with Gasteiger partial charge in [-0.25, -0.2) is 0 Å². The third kappa shape index (κ3) is 3.95. The molecule has 8 nitrogen and oxygen atoms in total. The summed E-state index contributed by atoms with van der Waals surface area (Å²) in [6.07, 6.45) is 2.14. The maximum atomic E-state index is 13.5. The molecule has 0 radical (unpaired) electrons. The topological polar surface area (TPSA) is 107 Å². The highest BCUT2D eigenvalue weighted by Crippen LogP contribution is 2.46. The summed E-state index contributed by atoms with van der Waals surface area (Å²) >= 11 is 0. The number of aromatic nitrogens is 1. The number of benzene rings is 2. The highest BCUT2D eigenvalue weighted by Gasteiger charge is 2.41. The van der Waals surface area contributed by atoms with Crippen LogP contribution in [0.3, 0.4) is 0 Å². The number of imide groups is 1. The molecule has 3 aromatic rings. The van der Waals surface area contributed by atoms with Crippen LogP contribution >= 0.6 is 0 Å². The van der Waals surface area contributed by atoms with E-state index in [0.29, 0.717) is 17.2 Å². The van der Waals surface area contributed by atoms with Gasteiger partial charge in [0.2, 0.25) is 5.91 Å². The highest BCUT2D eigenvalue weighted by atomic mass is 16.5. The molecule has 2 aliphatic rings. The Bertz CT molecular complexity index is 1380. The number of anilines is 1. The molecule has 35 heavy (non-hydrogen) atoms. The van der Waals surface area contributed by atoms with Crippen LogP contribution in [0.4, 0.5) is 5.69 Å². The van der Waals surface area contributed by atoms with Gasteiger partial charge in [0.05, 0.1) is 17.6 Å². The molecule has 0 fully saturated rings. The van der Waals surface area contributed by atoms with Gasteiger partial charge in [-0.05, 0) is 41.3 Å². The minimum Gasteiger partial charge on any atom is -0.484 e. The van der Waals surface area contributed by atoms with E-state index in [1.165, 1.54) is 11.8 Å². The smallest absolute Gasteiger partial charge is 0.259 e. The molecular weight excluding hydrogens is 444 g/mol. The largest absolute Gasteiger partial charge is 0.484 e. The highest BCUT2D eigenvalue weighted by molar-refractivity contribution is 6.11. The number of carbonyl (C=O) groups excluding carboxylic acids is 3. The Balaban J connectivity index is 1.68. The Morgan fingerprint density at radius 3 is 2.57 bits per heavy atom. The van der Waals surface area contributed by atoms with Crippen LogP contribution in [0.2, 0.25) is 0 Å². The lowest BCUT2D eigenvalue weighted by atomic mass is 9.84. The van der Waals surface area contributed by atoms with Crippen molar-refractivity contribution in [3.63, 3.8) is 0 Å². The number of primary amides is 1. The van der Waals surface area contributed by atoms with Crippen LogP contribution in [-0.4, -0.2) is 40.3 Å². The number of amides is 3. The van der Waals surface area contributed by atoms with E-state index in [0.717, 1.165) is 40.0 Å². The predicted molar refractivity (Wildman–Crippen MR) is 133 cm³/mol. The molecule has 0 saturated carbocycles. The second kappa shape index (κ2) is 8.61. The lowest BCUT2D eigenvalue weighted by Crippen LogP contribution is -2.33. The summed E-state index contributed by atoms with van der Waals surface area (Å²) in [5.74, 6) is -0.538. The summed E-state index contributed by atoms with van der Waals surface area (Å²) in [6.45, 7) is 6.61. The van der Waals surface area contributed by atoms with E-state index in [-0.39, 0.29) is 30.9 Å². The van der Waals surface area contributed by atoms with E-state index in [4.69, 9.17) is 10.5 Å². The molecule has 1 atom stereocenters. The number of nitrogens with one attached hydrogen (secondary N) is 1. The summed E-state index contributed by atoms with van der Waals surface area (Å²) in [5, 5.41) is 4.56. The summed E-state index contributed by atoms with van der Waals surface area (Å²) in [5.41, 5.74) is 10.4. The fourth-order valence-corrected chi connectivity index (χ4v) is 5.08. The Morgan fingerprint density at radius 1 is 1.17 bits per heavy atom. The molecular formula is C27H28N4O4. The number of ether oxygens (including phenoxy) is 1. The van der Waals surface area contributed by atoms with Gasteiger partial charge in [-0.1, -0.05) is 32.0 Å². The van der Waals surface area contributed by atoms with Gasteiger partial charge in [0.1, 0.15) is 5.75 Å². The summed E-state index contributed by atoms with van der Waals surface area (Å²) in [7, 11) is 0. The van der Waals surface area contributed by atoms with Gasteiger partial charge in [0.25, 0.3) is 11.8 Å². The van der Waals surface area contributed by atoms with Gasteiger partial charge in [-0.3, -0.25) is 19.3 Å². The Hall–Kier alpha value is -4.07. The number of carbonyl (C=O) groups is 3. The Kier molecular flexibility index (Phi) is 5.59. The van der Waals surface area contributed by atoms with Gasteiger partial charge in [-0.15, -0.1) is 0 Å². The van der Waals surface area contributed by atoms with Crippen molar-refractivity contribution in [1.29, 1.82) is 0 Å². The molecule has 0 aliphatic carbocycles. The van der Waals surface area contributed by atoms with Crippen LogP contribution < -0.4 is 15.8 Å². The molecule has 0 bridgehead atoms. The van der Waals surface area contributed by atoms with Crippen LogP contribution in [0.25, 0.3) is 10.9 Å². The quantitative estimate of drug-likeness (QED) is 0.572. The molecule has 180 valence electrons. The first-order chi connectivity index (χ1) is 16.7. The summed E-state index contributed by atoms with van der Waals surface area (Å²) in [4.78, 5) is 38.2. The van der Waals surface area contributed by atoms with Crippen molar-refractivity contribution in [3.05, 3.63) is 71.1 Å². The van der Waals surface area contributed by atoms with E-state index in [1.54, 1.807) is 12.1 Å². The fourth-order valence-electron chi connectivity index (χ4n) is 5.08. The molecule has 0 spiro atoms. The normalized spacial score (nSPS) is 17.0. The van der Waals surface area contributed by atoms with Crippen LogP contribution in [-0.2, 0) is 20.9 Å². The van der Waals surface area contributed by atoms with Gasteiger partial charge < -0.3 is 20.4 Å². The molecule has 5 rings (SSSR count). The lowest BCUT2D eigenvalue weighted by molar-refractivity contribution is -0.139. The van der Waals surface area contributed by atoms with Gasteiger partial charge in [0, 0.05) is 42.4 Å². The first kappa shape index (κ1) is 22.7. The maximum absolute atomic E-state index is 13.5. The minimum absolute atomic E-state index is 0.208. The predicted octanol–water partition coefficient (Wildman–Crippen LogP) is 3.36. The van der Waals surface area contributed by atoms with E-state index in [9.17, 15) is 14.4 Å². The molecule has 1 aromatic heterocycles. The molecule has 3 N–H and O–H groups in total. The number of rotatable bonds is 6. The zero-order valence-electron chi connectivity index (χ0n) is 20.0.